The van der Waals surface area contributed by atoms with Crippen LogP contribution in [0.5, 0.6) is 0 Å². The van der Waals surface area contributed by atoms with Crippen molar-refractivity contribution in [2.75, 3.05) is 0 Å². The largest absolute Gasteiger partial charge is 0.322 e. The molecule has 0 amide bonds. The van der Waals surface area contributed by atoms with Gasteiger partial charge in [-0.05, 0) is 19.1 Å². The van der Waals surface area contributed by atoms with E-state index in [-0.39, 0.29) is 6.04 Å². The Hall–Kier alpha value is -1.10. The van der Waals surface area contributed by atoms with E-state index >= 15 is 0 Å². The molecular formula is C10H10Cl2N4. The Kier molecular flexibility index (Phi) is 3.14. The summed E-state index contributed by atoms with van der Waals surface area (Å²) in [4.78, 5) is 4.25. The van der Waals surface area contributed by atoms with E-state index in [1.54, 1.807) is 12.1 Å². The van der Waals surface area contributed by atoms with Crippen LogP contribution >= 0.6 is 23.2 Å². The predicted molar refractivity (Wildman–Crippen MR) is 64.4 cm³/mol. The summed E-state index contributed by atoms with van der Waals surface area (Å²) < 4.78 is 0. The monoisotopic (exact) mass is 256 g/mol. The zero-order valence-corrected chi connectivity index (χ0v) is 10.0. The second-order valence-electron chi connectivity index (χ2n) is 3.43. The molecule has 0 spiro atoms. The lowest BCUT2D eigenvalue weighted by molar-refractivity contribution is 0.745. The van der Waals surface area contributed by atoms with Crippen LogP contribution in [0.4, 0.5) is 0 Å². The Balaban J connectivity index is 2.47. The summed E-state index contributed by atoms with van der Waals surface area (Å²) in [5.41, 5.74) is 6.37. The smallest absolute Gasteiger partial charge is 0.182 e. The van der Waals surface area contributed by atoms with Crippen LogP contribution < -0.4 is 5.73 Å². The zero-order chi connectivity index (χ0) is 11.7. The van der Waals surface area contributed by atoms with Crippen LogP contribution in [0.2, 0.25) is 10.0 Å². The number of aromatic amines is 1. The maximum atomic E-state index is 6.06. The highest BCUT2D eigenvalue weighted by molar-refractivity contribution is 6.43. The van der Waals surface area contributed by atoms with Crippen molar-refractivity contribution in [2.45, 2.75) is 13.0 Å². The average Bonchev–Trinajstić information content (AvgIpc) is 2.71. The zero-order valence-electron chi connectivity index (χ0n) is 8.54. The summed E-state index contributed by atoms with van der Waals surface area (Å²) in [5.74, 6) is 1.12. The molecule has 0 saturated heterocycles. The SMILES string of the molecule is CC(N)c1nc(-c2cccc(Cl)c2Cl)n[nH]1. The number of hydrogen-bond donors (Lipinski definition) is 2. The molecule has 16 heavy (non-hydrogen) atoms. The lowest BCUT2D eigenvalue weighted by Gasteiger charge is -2.00. The first-order valence-corrected chi connectivity index (χ1v) is 5.47. The summed E-state index contributed by atoms with van der Waals surface area (Å²) >= 11 is 12.0. The number of hydrogen-bond acceptors (Lipinski definition) is 3. The van der Waals surface area contributed by atoms with Gasteiger partial charge in [0.25, 0.3) is 0 Å². The van der Waals surface area contributed by atoms with Gasteiger partial charge in [-0.2, -0.15) is 5.10 Å². The van der Waals surface area contributed by atoms with Gasteiger partial charge >= 0.3 is 0 Å². The van der Waals surface area contributed by atoms with Crippen molar-refractivity contribution in [1.29, 1.82) is 0 Å². The van der Waals surface area contributed by atoms with Gasteiger partial charge in [-0.3, -0.25) is 5.10 Å². The molecule has 2 aromatic rings. The number of benzene rings is 1. The third-order valence-electron chi connectivity index (χ3n) is 2.13. The number of nitrogens with one attached hydrogen (secondary N) is 1. The molecule has 0 bridgehead atoms. The molecule has 0 aliphatic rings. The van der Waals surface area contributed by atoms with Gasteiger partial charge in [0.05, 0.1) is 16.1 Å². The van der Waals surface area contributed by atoms with E-state index in [0.29, 0.717) is 27.3 Å². The Labute approximate surface area is 103 Å². The van der Waals surface area contributed by atoms with Gasteiger partial charge in [0.2, 0.25) is 0 Å². The molecule has 0 aliphatic carbocycles. The lowest BCUT2D eigenvalue weighted by Crippen LogP contribution is -2.06. The van der Waals surface area contributed by atoms with Crippen molar-refractivity contribution in [3.8, 4) is 11.4 Å². The molecule has 0 radical (unpaired) electrons. The van der Waals surface area contributed by atoms with Crippen LogP contribution in [0.1, 0.15) is 18.8 Å². The standard InChI is InChI=1S/C10H10Cl2N4/c1-5(13)9-14-10(16-15-9)6-3-2-4-7(11)8(6)12/h2-5H,13H2,1H3,(H,14,15,16). The summed E-state index contributed by atoms with van der Waals surface area (Å²) in [7, 11) is 0. The molecule has 1 aromatic heterocycles. The molecule has 84 valence electrons. The van der Waals surface area contributed by atoms with Crippen molar-refractivity contribution >= 4 is 23.2 Å². The molecule has 0 saturated carbocycles. The lowest BCUT2D eigenvalue weighted by atomic mass is 10.2. The highest BCUT2D eigenvalue weighted by Crippen LogP contribution is 2.31. The molecule has 0 fully saturated rings. The highest BCUT2D eigenvalue weighted by Gasteiger charge is 2.13. The molecule has 2 rings (SSSR count). The van der Waals surface area contributed by atoms with E-state index in [9.17, 15) is 0 Å². The number of rotatable bonds is 2. The van der Waals surface area contributed by atoms with Crippen molar-refractivity contribution in [1.82, 2.24) is 15.2 Å². The van der Waals surface area contributed by atoms with Gasteiger partial charge in [0.1, 0.15) is 5.82 Å². The molecule has 4 nitrogen and oxygen atoms in total. The first kappa shape index (κ1) is 11.4. The molecule has 3 N–H and O–H groups in total. The second-order valence-corrected chi connectivity index (χ2v) is 4.22. The molecule has 1 atom stereocenters. The minimum Gasteiger partial charge on any atom is -0.322 e. The number of aromatic nitrogens is 3. The maximum Gasteiger partial charge on any atom is 0.182 e. The van der Waals surface area contributed by atoms with E-state index < -0.39 is 0 Å². The Bertz CT molecular complexity index is 507. The van der Waals surface area contributed by atoms with Gasteiger partial charge in [-0.25, -0.2) is 4.98 Å². The second kappa shape index (κ2) is 4.41. The van der Waals surface area contributed by atoms with E-state index in [1.807, 2.05) is 13.0 Å². The third kappa shape index (κ3) is 2.04. The molecule has 1 unspecified atom stereocenters. The minimum absolute atomic E-state index is 0.195. The van der Waals surface area contributed by atoms with Crippen LogP contribution in [-0.4, -0.2) is 15.2 Å². The van der Waals surface area contributed by atoms with Crippen LogP contribution in [0.3, 0.4) is 0 Å². The summed E-state index contributed by atoms with van der Waals surface area (Å²) in [6, 6.07) is 5.12. The molecule has 1 aromatic carbocycles. The van der Waals surface area contributed by atoms with E-state index in [1.165, 1.54) is 0 Å². The summed E-state index contributed by atoms with van der Waals surface area (Å²) in [6.45, 7) is 1.82. The summed E-state index contributed by atoms with van der Waals surface area (Å²) in [5, 5.41) is 7.73. The van der Waals surface area contributed by atoms with Crippen molar-refractivity contribution in [3.63, 3.8) is 0 Å². The predicted octanol–water partition coefficient (Wildman–Crippen LogP) is 2.80. The van der Waals surface area contributed by atoms with Gasteiger partial charge < -0.3 is 5.73 Å². The fourth-order valence-electron chi connectivity index (χ4n) is 1.27. The van der Waals surface area contributed by atoms with Crippen LogP contribution in [-0.2, 0) is 0 Å². The molecule has 0 aliphatic heterocycles. The molecule has 1 heterocycles. The fourth-order valence-corrected chi connectivity index (χ4v) is 1.66. The van der Waals surface area contributed by atoms with Crippen molar-refractivity contribution < 1.29 is 0 Å². The van der Waals surface area contributed by atoms with Crippen LogP contribution in [0.15, 0.2) is 18.2 Å². The third-order valence-corrected chi connectivity index (χ3v) is 2.95. The Morgan fingerprint density at radius 3 is 2.75 bits per heavy atom. The number of H-pyrrole nitrogens is 1. The first-order chi connectivity index (χ1) is 7.59. The number of nitrogens with two attached hydrogens (primary N) is 1. The van der Waals surface area contributed by atoms with Gasteiger partial charge in [0.15, 0.2) is 5.82 Å². The minimum atomic E-state index is -0.195. The quantitative estimate of drug-likeness (QED) is 0.869. The van der Waals surface area contributed by atoms with E-state index in [2.05, 4.69) is 15.2 Å². The molecule has 6 heteroatoms. The van der Waals surface area contributed by atoms with Crippen molar-refractivity contribution in [3.05, 3.63) is 34.1 Å². The topological polar surface area (TPSA) is 67.6 Å². The molecular weight excluding hydrogens is 247 g/mol. The number of halogens is 2. The van der Waals surface area contributed by atoms with E-state index in [0.717, 1.165) is 0 Å². The number of nitrogens with zero attached hydrogens (tertiary/aromatic N) is 2. The first-order valence-electron chi connectivity index (χ1n) is 4.72. The normalized spacial score (nSPS) is 12.8. The maximum absolute atomic E-state index is 6.06. The average molecular weight is 257 g/mol. The van der Waals surface area contributed by atoms with Gasteiger partial charge in [0, 0.05) is 5.56 Å². The van der Waals surface area contributed by atoms with Crippen LogP contribution in [0, 0.1) is 0 Å². The Morgan fingerprint density at radius 1 is 1.38 bits per heavy atom. The fraction of sp³-hybridized carbons (Fsp3) is 0.200. The van der Waals surface area contributed by atoms with E-state index in [4.69, 9.17) is 28.9 Å². The summed E-state index contributed by atoms with van der Waals surface area (Å²) in [6.07, 6.45) is 0. The van der Waals surface area contributed by atoms with Gasteiger partial charge in [-0.15, -0.1) is 0 Å². The Morgan fingerprint density at radius 2 is 2.12 bits per heavy atom. The van der Waals surface area contributed by atoms with Gasteiger partial charge in [-0.1, -0.05) is 29.3 Å². The van der Waals surface area contributed by atoms with Crippen molar-refractivity contribution in [2.24, 2.45) is 5.73 Å². The highest BCUT2D eigenvalue weighted by atomic mass is 35.5. The van der Waals surface area contributed by atoms with Crippen LogP contribution in [0.25, 0.3) is 11.4 Å².